The van der Waals surface area contributed by atoms with Crippen molar-refractivity contribution in [3.63, 3.8) is 0 Å². The van der Waals surface area contributed by atoms with Crippen LogP contribution in [0.5, 0.6) is 17.2 Å². The Hall–Kier alpha value is -3.09. The molecule has 0 spiro atoms. The summed E-state index contributed by atoms with van der Waals surface area (Å²) in [4.78, 5) is 28.0. The number of carbonyl (C=O) groups excluding carboxylic acids is 2. The first kappa shape index (κ1) is 17.3. The van der Waals surface area contributed by atoms with Crippen molar-refractivity contribution in [3.05, 3.63) is 47.8 Å². The van der Waals surface area contributed by atoms with Crippen molar-refractivity contribution in [2.24, 2.45) is 0 Å². The van der Waals surface area contributed by atoms with Gasteiger partial charge in [0, 0.05) is 11.8 Å². The number of ketones is 1. The van der Waals surface area contributed by atoms with E-state index in [1.165, 1.54) is 45.7 Å². The number of esters is 1. The highest BCUT2D eigenvalue weighted by Gasteiger charge is 2.18. The molecule has 7 heteroatoms. The summed E-state index contributed by atoms with van der Waals surface area (Å²) >= 11 is 0. The van der Waals surface area contributed by atoms with Crippen LogP contribution in [-0.4, -0.2) is 44.7 Å². The number of Topliss-reactive ketones (excluding diaryl/α,β-unsaturated/α-hetero) is 1. The fourth-order valence-electron chi connectivity index (χ4n) is 2.01. The van der Waals surface area contributed by atoms with Gasteiger partial charge in [-0.15, -0.1) is 0 Å². The zero-order valence-corrected chi connectivity index (χ0v) is 13.6. The third-order valence-corrected chi connectivity index (χ3v) is 3.20. The second kappa shape index (κ2) is 7.96. The second-order valence-electron chi connectivity index (χ2n) is 4.63. The van der Waals surface area contributed by atoms with Gasteiger partial charge in [-0.05, 0) is 24.3 Å². The van der Waals surface area contributed by atoms with Crippen LogP contribution >= 0.6 is 0 Å². The van der Waals surface area contributed by atoms with Crippen LogP contribution in [0.25, 0.3) is 0 Å². The van der Waals surface area contributed by atoms with Crippen LogP contribution in [0.4, 0.5) is 0 Å². The SMILES string of the molecule is COc1cc(C(=O)COC(=O)c2ccccn2)cc(OC)c1OC. The van der Waals surface area contributed by atoms with E-state index in [1.54, 1.807) is 12.1 Å². The Labute approximate surface area is 139 Å². The zero-order valence-electron chi connectivity index (χ0n) is 13.6. The number of nitrogens with zero attached hydrogens (tertiary/aromatic N) is 1. The monoisotopic (exact) mass is 331 g/mol. The van der Waals surface area contributed by atoms with Crippen molar-refractivity contribution in [1.29, 1.82) is 0 Å². The Morgan fingerprint density at radius 3 is 2.17 bits per heavy atom. The largest absolute Gasteiger partial charge is 0.493 e. The Bertz CT molecular complexity index is 704. The van der Waals surface area contributed by atoms with Crippen LogP contribution in [0.1, 0.15) is 20.8 Å². The van der Waals surface area contributed by atoms with E-state index in [9.17, 15) is 9.59 Å². The van der Waals surface area contributed by atoms with Crippen LogP contribution in [0.15, 0.2) is 36.5 Å². The first-order chi connectivity index (χ1) is 11.6. The second-order valence-corrected chi connectivity index (χ2v) is 4.63. The molecular formula is C17H17NO6. The van der Waals surface area contributed by atoms with Gasteiger partial charge in [0.2, 0.25) is 11.5 Å². The molecule has 0 aliphatic carbocycles. The Morgan fingerprint density at radius 1 is 1.00 bits per heavy atom. The molecule has 0 atom stereocenters. The molecule has 1 aromatic carbocycles. The Balaban J connectivity index is 2.13. The lowest BCUT2D eigenvalue weighted by Gasteiger charge is -2.13. The maximum atomic E-state index is 12.3. The van der Waals surface area contributed by atoms with Gasteiger partial charge < -0.3 is 18.9 Å². The molecule has 0 fully saturated rings. The molecule has 1 heterocycles. The van der Waals surface area contributed by atoms with Gasteiger partial charge in [0.05, 0.1) is 21.3 Å². The molecule has 0 saturated heterocycles. The van der Waals surface area contributed by atoms with Crippen molar-refractivity contribution in [2.75, 3.05) is 27.9 Å². The number of carbonyl (C=O) groups is 2. The van der Waals surface area contributed by atoms with Crippen molar-refractivity contribution in [3.8, 4) is 17.2 Å². The molecule has 0 unspecified atom stereocenters. The van der Waals surface area contributed by atoms with Crippen LogP contribution in [0.3, 0.4) is 0 Å². The van der Waals surface area contributed by atoms with Crippen molar-refractivity contribution in [1.82, 2.24) is 4.98 Å². The molecule has 0 saturated carbocycles. The highest BCUT2D eigenvalue weighted by Crippen LogP contribution is 2.38. The van der Waals surface area contributed by atoms with Gasteiger partial charge in [0.15, 0.2) is 18.1 Å². The van der Waals surface area contributed by atoms with Gasteiger partial charge >= 0.3 is 5.97 Å². The van der Waals surface area contributed by atoms with Crippen molar-refractivity contribution in [2.45, 2.75) is 0 Å². The summed E-state index contributed by atoms with van der Waals surface area (Å²) in [6.07, 6.45) is 1.47. The third-order valence-electron chi connectivity index (χ3n) is 3.20. The number of hydrogen-bond donors (Lipinski definition) is 0. The van der Waals surface area contributed by atoms with E-state index in [-0.39, 0.29) is 11.3 Å². The quantitative estimate of drug-likeness (QED) is 0.568. The smallest absolute Gasteiger partial charge is 0.357 e. The van der Waals surface area contributed by atoms with Crippen molar-refractivity contribution < 1.29 is 28.5 Å². The van der Waals surface area contributed by atoms with Crippen LogP contribution in [-0.2, 0) is 4.74 Å². The molecule has 24 heavy (non-hydrogen) atoms. The maximum Gasteiger partial charge on any atom is 0.357 e. The summed E-state index contributed by atoms with van der Waals surface area (Å²) < 4.78 is 20.6. The van der Waals surface area contributed by atoms with Crippen LogP contribution in [0, 0.1) is 0 Å². The molecule has 0 radical (unpaired) electrons. The fraction of sp³-hybridized carbons (Fsp3) is 0.235. The average molecular weight is 331 g/mol. The van der Waals surface area contributed by atoms with Crippen LogP contribution in [0.2, 0.25) is 0 Å². The number of benzene rings is 1. The molecule has 0 aliphatic rings. The van der Waals surface area contributed by atoms with Gasteiger partial charge in [0.25, 0.3) is 0 Å². The predicted octanol–water partition coefficient (Wildman–Crippen LogP) is 2.15. The van der Waals surface area contributed by atoms with Gasteiger partial charge in [-0.25, -0.2) is 9.78 Å². The summed E-state index contributed by atoms with van der Waals surface area (Å²) in [5.41, 5.74) is 0.411. The van der Waals surface area contributed by atoms with Gasteiger partial charge in [-0.3, -0.25) is 4.79 Å². The standard InChI is InChI=1S/C17H17NO6/c1-21-14-8-11(9-15(22-2)16(14)23-3)13(19)10-24-17(20)12-6-4-5-7-18-12/h4-9H,10H2,1-3H3. The molecule has 7 nitrogen and oxygen atoms in total. The maximum absolute atomic E-state index is 12.3. The summed E-state index contributed by atoms with van der Waals surface area (Å²) in [6, 6.07) is 7.84. The number of aromatic nitrogens is 1. The minimum atomic E-state index is -0.670. The average Bonchev–Trinajstić information content (AvgIpc) is 2.65. The molecule has 2 aromatic rings. The Kier molecular flexibility index (Phi) is 5.73. The van der Waals surface area contributed by atoms with E-state index < -0.39 is 18.4 Å². The highest BCUT2D eigenvalue weighted by molar-refractivity contribution is 6.00. The molecule has 0 bridgehead atoms. The van der Waals surface area contributed by atoms with E-state index in [0.29, 0.717) is 17.2 Å². The number of hydrogen-bond acceptors (Lipinski definition) is 7. The summed E-state index contributed by atoms with van der Waals surface area (Å²) in [6.45, 7) is -0.423. The zero-order chi connectivity index (χ0) is 17.5. The lowest BCUT2D eigenvalue weighted by molar-refractivity contribution is 0.0469. The minimum Gasteiger partial charge on any atom is -0.493 e. The lowest BCUT2D eigenvalue weighted by Crippen LogP contribution is -2.15. The van der Waals surface area contributed by atoms with Gasteiger partial charge in [0.1, 0.15) is 5.69 Å². The normalized spacial score (nSPS) is 9.96. The van der Waals surface area contributed by atoms with E-state index in [0.717, 1.165) is 0 Å². The summed E-state index contributed by atoms with van der Waals surface area (Å²) in [7, 11) is 4.37. The third kappa shape index (κ3) is 3.81. The van der Waals surface area contributed by atoms with Crippen molar-refractivity contribution >= 4 is 11.8 Å². The van der Waals surface area contributed by atoms with Gasteiger partial charge in [-0.1, -0.05) is 6.07 Å². The predicted molar refractivity (Wildman–Crippen MR) is 84.9 cm³/mol. The lowest BCUT2D eigenvalue weighted by atomic mass is 10.1. The molecular weight excluding hydrogens is 314 g/mol. The molecule has 2 rings (SSSR count). The fourth-order valence-corrected chi connectivity index (χ4v) is 2.01. The molecule has 0 aliphatic heterocycles. The molecule has 126 valence electrons. The Morgan fingerprint density at radius 2 is 1.67 bits per heavy atom. The van der Waals surface area contributed by atoms with Crippen LogP contribution < -0.4 is 14.2 Å². The number of rotatable bonds is 7. The minimum absolute atomic E-state index is 0.134. The van der Waals surface area contributed by atoms with E-state index in [1.807, 2.05) is 0 Å². The number of methoxy groups -OCH3 is 3. The first-order valence-electron chi connectivity index (χ1n) is 7.02. The highest BCUT2D eigenvalue weighted by atomic mass is 16.5. The first-order valence-corrected chi connectivity index (χ1v) is 7.02. The molecule has 1 aromatic heterocycles. The summed E-state index contributed by atoms with van der Waals surface area (Å²) in [5, 5.41) is 0. The molecule has 0 N–H and O–H groups in total. The summed E-state index contributed by atoms with van der Waals surface area (Å²) in [5.74, 6) is -0.00976. The number of ether oxygens (including phenoxy) is 4. The topological polar surface area (TPSA) is 84.0 Å². The molecule has 0 amide bonds. The van der Waals surface area contributed by atoms with E-state index in [4.69, 9.17) is 18.9 Å². The van der Waals surface area contributed by atoms with E-state index >= 15 is 0 Å². The van der Waals surface area contributed by atoms with E-state index in [2.05, 4.69) is 4.98 Å². The van der Waals surface area contributed by atoms with Gasteiger partial charge in [-0.2, -0.15) is 0 Å². The number of pyridine rings is 1.